The van der Waals surface area contributed by atoms with Crippen LogP contribution in [-0.2, 0) is 0 Å². The topological polar surface area (TPSA) is 28.2 Å². The molecule has 0 aliphatic heterocycles. The van der Waals surface area contributed by atoms with Crippen LogP contribution >= 0.6 is 15.9 Å². The Balaban J connectivity index is 2.25. The lowest BCUT2D eigenvalue weighted by atomic mass is 10.2. The van der Waals surface area contributed by atoms with E-state index in [0.29, 0.717) is 0 Å². The van der Waals surface area contributed by atoms with Crippen LogP contribution in [0.25, 0.3) is 0 Å². The van der Waals surface area contributed by atoms with Crippen molar-refractivity contribution in [1.82, 2.24) is 4.98 Å². The van der Waals surface area contributed by atoms with Gasteiger partial charge in [-0.2, -0.15) is 0 Å². The van der Waals surface area contributed by atoms with E-state index >= 15 is 0 Å². The Hall–Kier alpha value is -1.55. The van der Waals surface area contributed by atoms with E-state index in [9.17, 15) is 0 Å². The summed E-state index contributed by atoms with van der Waals surface area (Å²) in [7, 11) is 4.08. The van der Waals surface area contributed by atoms with Crippen LogP contribution in [0.4, 0.5) is 11.4 Å². The Labute approximate surface area is 122 Å². The fraction of sp³-hybridized carbons (Fsp3) is 0.267. The molecule has 0 radical (unpaired) electrons. The van der Waals surface area contributed by atoms with E-state index in [1.54, 1.807) is 0 Å². The number of hydrogen-bond acceptors (Lipinski definition) is 3. The Morgan fingerprint density at radius 3 is 2.63 bits per heavy atom. The molecule has 0 spiro atoms. The van der Waals surface area contributed by atoms with Crippen molar-refractivity contribution >= 4 is 27.3 Å². The van der Waals surface area contributed by atoms with Crippen molar-refractivity contribution in [2.45, 2.75) is 13.0 Å². The Bertz CT molecular complexity index is 540. The maximum absolute atomic E-state index is 4.38. The van der Waals surface area contributed by atoms with Gasteiger partial charge in [-0.05, 0) is 37.3 Å². The summed E-state index contributed by atoms with van der Waals surface area (Å²) in [5.41, 5.74) is 3.29. The summed E-state index contributed by atoms with van der Waals surface area (Å²) < 4.78 is 1.06. The van der Waals surface area contributed by atoms with Crippen LogP contribution in [0.2, 0.25) is 0 Å². The molecular formula is C15H18BrN3. The molecule has 3 nitrogen and oxygen atoms in total. The highest BCUT2D eigenvalue weighted by Crippen LogP contribution is 2.30. The Morgan fingerprint density at radius 2 is 2.00 bits per heavy atom. The van der Waals surface area contributed by atoms with Crippen molar-refractivity contribution in [3.8, 4) is 0 Å². The average Bonchev–Trinajstić information content (AvgIpc) is 2.39. The lowest BCUT2D eigenvalue weighted by Crippen LogP contribution is -2.14. The van der Waals surface area contributed by atoms with Gasteiger partial charge in [-0.15, -0.1) is 0 Å². The molecule has 100 valence electrons. The molecule has 0 bridgehead atoms. The number of rotatable bonds is 4. The van der Waals surface area contributed by atoms with E-state index in [2.05, 4.69) is 50.2 Å². The van der Waals surface area contributed by atoms with Crippen LogP contribution in [0.15, 0.2) is 47.1 Å². The van der Waals surface area contributed by atoms with Gasteiger partial charge >= 0.3 is 0 Å². The van der Waals surface area contributed by atoms with Gasteiger partial charge in [0.25, 0.3) is 0 Å². The Kier molecular flexibility index (Phi) is 4.43. The zero-order chi connectivity index (χ0) is 13.8. The summed E-state index contributed by atoms with van der Waals surface area (Å²) >= 11 is 3.52. The first-order valence-electron chi connectivity index (χ1n) is 6.22. The fourth-order valence-corrected chi connectivity index (χ4v) is 2.31. The fourth-order valence-electron chi connectivity index (χ4n) is 1.95. The molecule has 0 saturated carbocycles. The molecule has 1 heterocycles. The number of hydrogen-bond donors (Lipinski definition) is 1. The molecule has 1 aromatic carbocycles. The van der Waals surface area contributed by atoms with Crippen molar-refractivity contribution in [2.24, 2.45) is 0 Å². The van der Waals surface area contributed by atoms with Gasteiger partial charge in [-0.25, -0.2) is 0 Å². The molecule has 0 aliphatic carbocycles. The number of benzene rings is 1. The van der Waals surface area contributed by atoms with E-state index in [1.807, 2.05) is 44.6 Å². The summed E-state index contributed by atoms with van der Waals surface area (Å²) in [6.07, 6.45) is 1.82. The second kappa shape index (κ2) is 6.06. The van der Waals surface area contributed by atoms with Crippen LogP contribution < -0.4 is 10.2 Å². The van der Waals surface area contributed by atoms with Crippen LogP contribution in [-0.4, -0.2) is 19.1 Å². The predicted molar refractivity (Wildman–Crippen MR) is 84.7 cm³/mol. The van der Waals surface area contributed by atoms with Gasteiger partial charge in [-0.3, -0.25) is 4.98 Å². The van der Waals surface area contributed by atoms with Crippen LogP contribution in [0.5, 0.6) is 0 Å². The first kappa shape index (κ1) is 13.9. The van der Waals surface area contributed by atoms with Crippen molar-refractivity contribution in [3.05, 3.63) is 52.8 Å². The van der Waals surface area contributed by atoms with Crippen LogP contribution in [0, 0.1) is 0 Å². The summed E-state index contributed by atoms with van der Waals surface area (Å²) in [5, 5.41) is 3.51. The van der Waals surface area contributed by atoms with E-state index in [1.165, 1.54) is 0 Å². The normalized spacial score (nSPS) is 12.0. The van der Waals surface area contributed by atoms with E-state index in [-0.39, 0.29) is 6.04 Å². The molecule has 1 N–H and O–H groups in total. The number of nitrogens with one attached hydrogen (secondary N) is 1. The Morgan fingerprint density at radius 1 is 1.21 bits per heavy atom. The largest absolute Gasteiger partial charge is 0.376 e. The maximum Gasteiger partial charge on any atom is 0.0657 e. The monoisotopic (exact) mass is 319 g/mol. The standard InChI is InChI=1S/C15H18BrN3/c1-11(13-6-4-5-9-17-13)18-14-10-12(16)7-8-15(14)19(2)3/h4-11,18H,1-3H3. The molecule has 0 amide bonds. The molecule has 0 aliphatic rings. The molecule has 1 aromatic heterocycles. The minimum atomic E-state index is 0.161. The molecule has 4 heteroatoms. The number of nitrogens with zero attached hydrogens (tertiary/aromatic N) is 2. The van der Waals surface area contributed by atoms with Crippen molar-refractivity contribution in [3.63, 3.8) is 0 Å². The summed E-state index contributed by atoms with van der Waals surface area (Å²) in [4.78, 5) is 6.48. The molecular weight excluding hydrogens is 302 g/mol. The number of halogens is 1. The van der Waals surface area contributed by atoms with Gasteiger partial charge in [0, 0.05) is 24.8 Å². The summed E-state index contributed by atoms with van der Waals surface area (Å²) in [6.45, 7) is 2.11. The quantitative estimate of drug-likeness (QED) is 0.920. The summed E-state index contributed by atoms with van der Waals surface area (Å²) in [5.74, 6) is 0. The van der Waals surface area contributed by atoms with Gasteiger partial charge in [0.1, 0.15) is 0 Å². The molecule has 1 atom stereocenters. The minimum Gasteiger partial charge on any atom is -0.376 e. The van der Waals surface area contributed by atoms with Crippen molar-refractivity contribution in [2.75, 3.05) is 24.3 Å². The zero-order valence-electron chi connectivity index (χ0n) is 11.4. The van der Waals surface area contributed by atoms with Gasteiger partial charge in [0.2, 0.25) is 0 Å². The maximum atomic E-state index is 4.38. The highest BCUT2D eigenvalue weighted by Gasteiger charge is 2.10. The molecule has 1 unspecified atom stereocenters. The van der Waals surface area contributed by atoms with E-state index < -0.39 is 0 Å². The third-order valence-electron chi connectivity index (χ3n) is 2.94. The highest BCUT2D eigenvalue weighted by atomic mass is 79.9. The summed E-state index contributed by atoms with van der Waals surface area (Å²) in [6, 6.07) is 12.4. The first-order chi connectivity index (χ1) is 9.08. The number of pyridine rings is 1. The predicted octanol–water partition coefficient (Wildman–Crippen LogP) is 4.08. The highest BCUT2D eigenvalue weighted by molar-refractivity contribution is 9.10. The third-order valence-corrected chi connectivity index (χ3v) is 3.44. The van der Waals surface area contributed by atoms with Crippen LogP contribution in [0.1, 0.15) is 18.7 Å². The molecule has 2 rings (SSSR count). The van der Waals surface area contributed by atoms with E-state index in [0.717, 1.165) is 21.5 Å². The van der Waals surface area contributed by atoms with Gasteiger partial charge in [0.15, 0.2) is 0 Å². The molecule has 0 fully saturated rings. The third kappa shape index (κ3) is 3.47. The van der Waals surface area contributed by atoms with Gasteiger partial charge < -0.3 is 10.2 Å². The van der Waals surface area contributed by atoms with Crippen LogP contribution in [0.3, 0.4) is 0 Å². The van der Waals surface area contributed by atoms with E-state index in [4.69, 9.17) is 0 Å². The SMILES string of the molecule is CC(Nc1cc(Br)ccc1N(C)C)c1ccccn1. The zero-order valence-corrected chi connectivity index (χ0v) is 13.0. The van der Waals surface area contributed by atoms with Gasteiger partial charge in [0.05, 0.1) is 23.1 Å². The lowest BCUT2D eigenvalue weighted by Gasteiger charge is -2.22. The van der Waals surface area contributed by atoms with Crippen molar-refractivity contribution < 1.29 is 0 Å². The second-order valence-electron chi connectivity index (χ2n) is 4.68. The first-order valence-corrected chi connectivity index (χ1v) is 7.01. The molecule has 19 heavy (non-hydrogen) atoms. The second-order valence-corrected chi connectivity index (χ2v) is 5.59. The number of aromatic nitrogens is 1. The molecule has 0 saturated heterocycles. The minimum absolute atomic E-state index is 0.161. The molecule has 2 aromatic rings. The lowest BCUT2D eigenvalue weighted by molar-refractivity contribution is 0.838. The van der Waals surface area contributed by atoms with Crippen molar-refractivity contribution in [1.29, 1.82) is 0 Å². The van der Waals surface area contributed by atoms with Gasteiger partial charge in [-0.1, -0.05) is 22.0 Å². The average molecular weight is 320 g/mol. The number of anilines is 2. The smallest absolute Gasteiger partial charge is 0.0657 e.